The third-order valence-corrected chi connectivity index (χ3v) is 5.36. The van der Waals surface area contributed by atoms with E-state index in [9.17, 15) is 0 Å². The van der Waals surface area contributed by atoms with Gasteiger partial charge >= 0.3 is 0 Å². The molecule has 4 nitrogen and oxygen atoms in total. The molecule has 2 heterocycles. The van der Waals surface area contributed by atoms with Crippen LogP contribution in [0.15, 0.2) is 42.7 Å². The Labute approximate surface area is 138 Å². The summed E-state index contributed by atoms with van der Waals surface area (Å²) < 4.78 is 0. The number of nitrogens with one attached hydrogen (secondary N) is 2. The second-order valence-electron chi connectivity index (χ2n) is 7.09. The molecular weight excluding hydrogens is 284 g/mol. The van der Waals surface area contributed by atoms with Gasteiger partial charge in [-0.3, -0.25) is 10.00 Å². The molecule has 122 valence electrons. The molecule has 2 aromatic rings. The maximum atomic E-state index is 4.03. The van der Waals surface area contributed by atoms with Crippen LogP contribution in [0.3, 0.4) is 0 Å². The number of rotatable bonds is 6. The summed E-state index contributed by atoms with van der Waals surface area (Å²) >= 11 is 0. The van der Waals surface area contributed by atoms with Crippen LogP contribution in [0.2, 0.25) is 0 Å². The van der Waals surface area contributed by atoms with Gasteiger partial charge in [0.2, 0.25) is 0 Å². The number of benzene rings is 1. The minimum absolute atomic E-state index is 0.710. The Balaban J connectivity index is 1.16. The van der Waals surface area contributed by atoms with Crippen molar-refractivity contribution in [2.45, 2.75) is 37.8 Å². The first kappa shape index (κ1) is 14.9. The molecule has 0 amide bonds. The van der Waals surface area contributed by atoms with E-state index in [1.54, 1.807) is 0 Å². The van der Waals surface area contributed by atoms with Crippen LogP contribution in [-0.2, 0) is 6.54 Å². The summed E-state index contributed by atoms with van der Waals surface area (Å²) in [7, 11) is 0. The lowest BCUT2D eigenvalue weighted by molar-refractivity contribution is 0.175. The molecular formula is C19H26N4. The summed E-state index contributed by atoms with van der Waals surface area (Å²) in [6.07, 6.45) is 7.87. The van der Waals surface area contributed by atoms with Gasteiger partial charge in [0.15, 0.2) is 0 Å². The van der Waals surface area contributed by atoms with Gasteiger partial charge in [-0.05, 0) is 50.4 Å². The Morgan fingerprint density at radius 2 is 2.00 bits per heavy atom. The van der Waals surface area contributed by atoms with Gasteiger partial charge in [-0.15, -0.1) is 0 Å². The molecule has 23 heavy (non-hydrogen) atoms. The Morgan fingerprint density at radius 3 is 2.74 bits per heavy atom. The number of hydrogen-bond acceptors (Lipinski definition) is 3. The normalized spacial score (nSPS) is 25.6. The van der Waals surface area contributed by atoms with Crippen molar-refractivity contribution in [1.82, 2.24) is 20.4 Å². The van der Waals surface area contributed by atoms with E-state index >= 15 is 0 Å². The first-order valence-corrected chi connectivity index (χ1v) is 8.87. The van der Waals surface area contributed by atoms with Crippen molar-refractivity contribution in [3.63, 3.8) is 0 Å². The molecule has 2 N–H and O–H groups in total. The van der Waals surface area contributed by atoms with Gasteiger partial charge in [0.1, 0.15) is 0 Å². The molecule has 0 radical (unpaired) electrons. The summed E-state index contributed by atoms with van der Waals surface area (Å²) in [5.74, 6) is 1.59. The molecule has 4 heteroatoms. The molecule has 1 saturated heterocycles. The highest BCUT2D eigenvalue weighted by Gasteiger charge is 2.38. The molecule has 2 atom stereocenters. The van der Waals surface area contributed by atoms with Crippen LogP contribution in [0.1, 0.15) is 36.3 Å². The molecule has 1 aromatic heterocycles. The van der Waals surface area contributed by atoms with Gasteiger partial charge in [-0.2, -0.15) is 5.10 Å². The predicted octanol–water partition coefficient (Wildman–Crippen LogP) is 2.77. The largest absolute Gasteiger partial charge is 0.313 e. The van der Waals surface area contributed by atoms with Crippen LogP contribution in [0.4, 0.5) is 0 Å². The standard InChI is InChI=1S/C19H26N4/c1-2-4-17(5-3-1)18-10-19(18)20-11-15-6-8-23(9-7-15)14-16-12-21-22-13-16/h1-5,12-13,15,18-20H,6-11,14H2,(H,21,22). The zero-order valence-electron chi connectivity index (χ0n) is 13.6. The van der Waals surface area contributed by atoms with Crippen molar-refractivity contribution in [3.8, 4) is 0 Å². The number of H-pyrrole nitrogens is 1. The van der Waals surface area contributed by atoms with E-state index in [1.165, 1.54) is 50.0 Å². The average Bonchev–Trinajstić information content (AvgIpc) is 3.21. The van der Waals surface area contributed by atoms with E-state index < -0.39 is 0 Å². The Morgan fingerprint density at radius 1 is 1.17 bits per heavy atom. The van der Waals surface area contributed by atoms with Crippen molar-refractivity contribution < 1.29 is 0 Å². The summed E-state index contributed by atoms with van der Waals surface area (Å²) in [4.78, 5) is 2.55. The van der Waals surface area contributed by atoms with Gasteiger partial charge in [-0.25, -0.2) is 0 Å². The highest BCUT2D eigenvalue weighted by molar-refractivity contribution is 5.27. The van der Waals surface area contributed by atoms with Gasteiger partial charge in [0.25, 0.3) is 0 Å². The van der Waals surface area contributed by atoms with E-state index in [0.717, 1.165) is 18.4 Å². The highest BCUT2D eigenvalue weighted by Crippen LogP contribution is 2.40. The predicted molar refractivity (Wildman–Crippen MR) is 92.2 cm³/mol. The van der Waals surface area contributed by atoms with Crippen LogP contribution in [0, 0.1) is 5.92 Å². The lowest BCUT2D eigenvalue weighted by atomic mass is 9.96. The SMILES string of the molecule is c1ccc(C2CC2NCC2CCN(Cc3cn[nH]c3)CC2)cc1. The van der Waals surface area contributed by atoms with Crippen LogP contribution in [0.25, 0.3) is 0 Å². The molecule has 2 unspecified atom stereocenters. The number of nitrogens with zero attached hydrogens (tertiary/aromatic N) is 2. The fourth-order valence-corrected chi connectivity index (χ4v) is 3.78. The Kier molecular flexibility index (Phi) is 4.44. The van der Waals surface area contributed by atoms with Crippen molar-refractivity contribution >= 4 is 0 Å². The third kappa shape index (κ3) is 3.82. The van der Waals surface area contributed by atoms with Crippen LogP contribution in [0.5, 0.6) is 0 Å². The third-order valence-electron chi connectivity index (χ3n) is 5.36. The van der Waals surface area contributed by atoms with Crippen molar-refractivity contribution in [2.75, 3.05) is 19.6 Å². The van der Waals surface area contributed by atoms with Crippen LogP contribution in [-0.4, -0.2) is 40.8 Å². The molecule has 0 bridgehead atoms. The van der Waals surface area contributed by atoms with E-state index in [0.29, 0.717) is 6.04 Å². The number of likely N-dealkylation sites (tertiary alicyclic amines) is 1. The fourth-order valence-electron chi connectivity index (χ4n) is 3.78. The Bertz CT molecular complexity index is 587. The smallest absolute Gasteiger partial charge is 0.0532 e. The lowest BCUT2D eigenvalue weighted by Gasteiger charge is -2.31. The molecule has 1 aliphatic carbocycles. The molecule has 1 aromatic carbocycles. The van der Waals surface area contributed by atoms with E-state index in [4.69, 9.17) is 0 Å². The van der Waals surface area contributed by atoms with Gasteiger partial charge < -0.3 is 5.32 Å². The first-order valence-electron chi connectivity index (χ1n) is 8.87. The summed E-state index contributed by atoms with van der Waals surface area (Å²) in [6.45, 7) is 4.65. The second-order valence-corrected chi connectivity index (χ2v) is 7.09. The zero-order chi connectivity index (χ0) is 15.5. The van der Waals surface area contributed by atoms with E-state index in [1.807, 2.05) is 12.4 Å². The Hall–Kier alpha value is -1.65. The quantitative estimate of drug-likeness (QED) is 0.862. The lowest BCUT2D eigenvalue weighted by Crippen LogP contribution is -2.37. The minimum atomic E-state index is 0.710. The average molecular weight is 310 g/mol. The highest BCUT2D eigenvalue weighted by atomic mass is 15.1. The summed E-state index contributed by atoms with van der Waals surface area (Å²) in [5, 5.41) is 10.7. The zero-order valence-corrected chi connectivity index (χ0v) is 13.6. The van der Waals surface area contributed by atoms with E-state index in [-0.39, 0.29) is 0 Å². The molecule has 1 saturated carbocycles. The molecule has 4 rings (SSSR count). The van der Waals surface area contributed by atoms with Crippen molar-refractivity contribution in [2.24, 2.45) is 5.92 Å². The van der Waals surface area contributed by atoms with Crippen LogP contribution >= 0.6 is 0 Å². The van der Waals surface area contributed by atoms with Gasteiger partial charge in [0.05, 0.1) is 6.20 Å². The first-order chi connectivity index (χ1) is 11.4. The molecule has 2 aliphatic rings. The van der Waals surface area contributed by atoms with Crippen LogP contribution < -0.4 is 5.32 Å². The summed E-state index contributed by atoms with van der Waals surface area (Å²) in [5.41, 5.74) is 2.80. The monoisotopic (exact) mass is 310 g/mol. The molecule has 0 spiro atoms. The number of aromatic amines is 1. The van der Waals surface area contributed by atoms with Gasteiger partial charge in [0, 0.05) is 30.3 Å². The second kappa shape index (κ2) is 6.85. The maximum absolute atomic E-state index is 4.03. The van der Waals surface area contributed by atoms with E-state index in [2.05, 4.69) is 50.7 Å². The minimum Gasteiger partial charge on any atom is -0.313 e. The van der Waals surface area contributed by atoms with Crippen molar-refractivity contribution in [3.05, 3.63) is 53.9 Å². The number of hydrogen-bond donors (Lipinski definition) is 2. The summed E-state index contributed by atoms with van der Waals surface area (Å²) in [6, 6.07) is 11.6. The number of piperidine rings is 1. The van der Waals surface area contributed by atoms with Gasteiger partial charge in [-0.1, -0.05) is 30.3 Å². The molecule has 2 fully saturated rings. The number of aromatic nitrogens is 2. The topological polar surface area (TPSA) is 44.0 Å². The molecule has 1 aliphatic heterocycles. The maximum Gasteiger partial charge on any atom is 0.0532 e. The van der Waals surface area contributed by atoms with Crippen molar-refractivity contribution in [1.29, 1.82) is 0 Å². The fraction of sp³-hybridized carbons (Fsp3) is 0.526.